The number of hydrogen-bond acceptors (Lipinski definition) is 3. The number of carbonyl (C=O) groups excluding carboxylic acids is 1. The Morgan fingerprint density at radius 2 is 2.16 bits per heavy atom. The molecule has 0 aliphatic heterocycles. The predicted octanol–water partition coefficient (Wildman–Crippen LogP) is 3.12. The minimum Gasteiger partial charge on any atom is -0.321 e. The summed E-state index contributed by atoms with van der Waals surface area (Å²) in [6.45, 7) is 2.01. The van der Waals surface area contributed by atoms with Crippen LogP contribution in [-0.2, 0) is 0 Å². The molecule has 0 saturated carbocycles. The van der Waals surface area contributed by atoms with E-state index in [1.165, 1.54) is 12.3 Å². The molecule has 0 fully saturated rings. The van der Waals surface area contributed by atoms with Gasteiger partial charge < -0.3 is 5.32 Å². The van der Waals surface area contributed by atoms with Crippen molar-refractivity contribution in [2.24, 2.45) is 0 Å². The van der Waals surface area contributed by atoms with E-state index in [1.807, 2.05) is 31.2 Å². The molecule has 0 aliphatic rings. The first-order valence-electron chi connectivity index (χ1n) is 5.54. The first-order chi connectivity index (χ1) is 9.10. The smallest absolute Gasteiger partial charge is 0.274 e. The topological polar surface area (TPSA) is 65.8 Å². The quantitative estimate of drug-likeness (QED) is 0.834. The number of amides is 1. The van der Waals surface area contributed by atoms with Crippen molar-refractivity contribution in [2.75, 3.05) is 5.32 Å². The standard InChI is InChI=1S/C14H10IN3O/c1-9-2-4-11(6-12(9)15)18-14(19)13-5-3-10(7-16)8-17-13/h2-6,8H,1H3,(H,18,19). The Hall–Kier alpha value is -1.94. The lowest BCUT2D eigenvalue weighted by molar-refractivity contribution is 0.102. The minimum atomic E-state index is -0.288. The van der Waals surface area contributed by atoms with Crippen LogP contribution in [0.15, 0.2) is 36.5 Å². The highest BCUT2D eigenvalue weighted by Crippen LogP contribution is 2.17. The molecule has 1 N–H and O–H groups in total. The molecule has 0 radical (unpaired) electrons. The number of hydrogen-bond donors (Lipinski definition) is 1. The van der Waals surface area contributed by atoms with Crippen LogP contribution in [0.25, 0.3) is 0 Å². The van der Waals surface area contributed by atoms with Crippen molar-refractivity contribution >= 4 is 34.2 Å². The van der Waals surface area contributed by atoms with Gasteiger partial charge in [-0.15, -0.1) is 0 Å². The van der Waals surface area contributed by atoms with Crippen molar-refractivity contribution in [3.05, 3.63) is 56.9 Å². The fraction of sp³-hybridized carbons (Fsp3) is 0.0714. The van der Waals surface area contributed by atoms with Crippen LogP contribution >= 0.6 is 22.6 Å². The number of nitrogens with one attached hydrogen (secondary N) is 1. The summed E-state index contributed by atoms with van der Waals surface area (Å²) in [4.78, 5) is 15.9. The normalized spacial score (nSPS) is 9.74. The van der Waals surface area contributed by atoms with Gasteiger partial charge in [0, 0.05) is 15.5 Å². The molecule has 0 atom stereocenters. The monoisotopic (exact) mass is 363 g/mol. The summed E-state index contributed by atoms with van der Waals surface area (Å²) in [6.07, 6.45) is 1.38. The zero-order chi connectivity index (χ0) is 13.8. The molecule has 0 unspecified atom stereocenters. The van der Waals surface area contributed by atoms with Gasteiger partial charge in [-0.25, -0.2) is 4.98 Å². The molecule has 1 heterocycles. The summed E-state index contributed by atoms with van der Waals surface area (Å²) in [5.74, 6) is -0.288. The van der Waals surface area contributed by atoms with E-state index in [0.29, 0.717) is 5.56 Å². The zero-order valence-electron chi connectivity index (χ0n) is 10.1. The summed E-state index contributed by atoms with van der Waals surface area (Å²) >= 11 is 2.22. The van der Waals surface area contributed by atoms with Crippen LogP contribution in [0.1, 0.15) is 21.6 Å². The van der Waals surface area contributed by atoms with Crippen molar-refractivity contribution in [1.29, 1.82) is 5.26 Å². The molecule has 1 amide bonds. The van der Waals surface area contributed by atoms with Gasteiger partial charge >= 0.3 is 0 Å². The van der Waals surface area contributed by atoms with Crippen molar-refractivity contribution < 1.29 is 4.79 Å². The molecule has 19 heavy (non-hydrogen) atoms. The highest BCUT2D eigenvalue weighted by molar-refractivity contribution is 14.1. The van der Waals surface area contributed by atoms with Gasteiger partial charge in [0.1, 0.15) is 11.8 Å². The summed E-state index contributed by atoms with van der Waals surface area (Å²) in [5, 5.41) is 11.4. The SMILES string of the molecule is Cc1ccc(NC(=O)c2ccc(C#N)cn2)cc1I. The first kappa shape index (κ1) is 13.5. The van der Waals surface area contributed by atoms with Crippen molar-refractivity contribution in [3.63, 3.8) is 0 Å². The van der Waals surface area contributed by atoms with E-state index in [2.05, 4.69) is 32.9 Å². The lowest BCUT2D eigenvalue weighted by Gasteiger charge is -2.06. The highest BCUT2D eigenvalue weighted by Gasteiger charge is 2.08. The molecular formula is C14H10IN3O. The van der Waals surface area contributed by atoms with Crippen molar-refractivity contribution in [3.8, 4) is 6.07 Å². The number of halogens is 1. The minimum absolute atomic E-state index is 0.287. The average Bonchev–Trinajstić information content (AvgIpc) is 2.43. The molecule has 2 aromatic rings. The number of carbonyl (C=O) groups is 1. The van der Waals surface area contributed by atoms with E-state index < -0.39 is 0 Å². The van der Waals surface area contributed by atoms with E-state index >= 15 is 0 Å². The zero-order valence-corrected chi connectivity index (χ0v) is 12.3. The molecule has 4 nitrogen and oxygen atoms in total. The van der Waals surface area contributed by atoms with E-state index in [4.69, 9.17) is 5.26 Å². The second kappa shape index (κ2) is 5.80. The molecule has 0 saturated heterocycles. The second-order valence-corrected chi connectivity index (χ2v) is 5.12. The number of nitriles is 1. The Morgan fingerprint density at radius 3 is 2.74 bits per heavy atom. The number of nitrogens with zero attached hydrogens (tertiary/aromatic N) is 2. The molecule has 1 aromatic carbocycles. The fourth-order valence-electron chi connectivity index (χ4n) is 1.46. The largest absolute Gasteiger partial charge is 0.321 e. The molecule has 1 aromatic heterocycles. The molecule has 0 bridgehead atoms. The number of aryl methyl sites for hydroxylation is 1. The van der Waals surface area contributed by atoms with Gasteiger partial charge in [0.05, 0.1) is 5.56 Å². The lowest BCUT2D eigenvalue weighted by atomic mass is 10.2. The Kier molecular flexibility index (Phi) is 4.12. The van der Waals surface area contributed by atoms with Crippen LogP contribution in [0.3, 0.4) is 0 Å². The van der Waals surface area contributed by atoms with Gasteiger partial charge in [0.15, 0.2) is 0 Å². The Bertz CT molecular complexity index is 659. The second-order valence-electron chi connectivity index (χ2n) is 3.96. The van der Waals surface area contributed by atoms with Crippen LogP contribution < -0.4 is 5.32 Å². The van der Waals surface area contributed by atoms with E-state index in [1.54, 1.807) is 6.07 Å². The number of aromatic nitrogens is 1. The molecule has 0 aliphatic carbocycles. The van der Waals surface area contributed by atoms with Crippen LogP contribution in [0, 0.1) is 21.8 Å². The number of pyridine rings is 1. The molecule has 5 heteroatoms. The Labute approximate surface area is 124 Å². The number of benzene rings is 1. The van der Waals surface area contributed by atoms with Gasteiger partial charge in [-0.1, -0.05) is 6.07 Å². The van der Waals surface area contributed by atoms with Crippen LogP contribution in [-0.4, -0.2) is 10.9 Å². The van der Waals surface area contributed by atoms with E-state index in [0.717, 1.165) is 14.8 Å². The van der Waals surface area contributed by atoms with Crippen LogP contribution in [0.2, 0.25) is 0 Å². The summed E-state index contributed by atoms with van der Waals surface area (Å²) in [6, 6.07) is 10.8. The molecular weight excluding hydrogens is 353 g/mol. The maximum atomic E-state index is 12.0. The van der Waals surface area contributed by atoms with Crippen molar-refractivity contribution in [1.82, 2.24) is 4.98 Å². The predicted molar refractivity (Wildman–Crippen MR) is 80.8 cm³/mol. The third-order valence-corrected chi connectivity index (χ3v) is 3.72. The van der Waals surface area contributed by atoms with Gasteiger partial charge in [-0.3, -0.25) is 4.79 Å². The van der Waals surface area contributed by atoms with Gasteiger partial charge in [-0.2, -0.15) is 5.26 Å². The Balaban J connectivity index is 2.16. The summed E-state index contributed by atoms with van der Waals surface area (Å²) in [7, 11) is 0. The highest BCUT2D eigenvalue weighted by atomic mass is 127. The molecule has 94 valence electrons. The average molecular weight is 363 g/mol. The van der Waals surface area contributed by atoms with Crippen LogP contribution in [0.4, 0.5) is 5.69 Å². The van der Waals surface area contributed by atoms with Crippen LogP contribution in [0.5, 0.6) is 0 Å². The maximum absolute atomic E-state index is 12.0. The van der Waals surface area contributed by atoms with Gasteiger partial charge in [0.2, 0.25) is 0 Å². The molecule has 2 rings (SSSR count). The van der Waals surface area contributed by atoms with Gasteiger partial charge in [-0.05, 0) is 59.3 Å². The van der Waals surface area contributed by atoms with Crippen molar-refractivity contribution in [2.45, 2.75) is 6.92 Å². The first-order valence-corrected chi connectivity index (χ1v) is 6.61. The fourth-order valence-corrected chi connectivity index (χ4v) is 1.98. The summed E-state index contributed by atoms with van der Waals surface area (Å²) < 4.78 is 1.09. The third-order valence-electron chi connectivity index (χ3n) is 2.55. The van der Waals surface area contributed by atoms with E-state index in [9.17, 15) is 4.79 Å². The maximum Gasteiger partial charge on any atom is 0.274 e. The number of rotatable bonds is 2. The third kappa shape index (κ3) is 3.29. The van der Waals surface area contributed by atoms with Gasteiger partial charge in [0.25, 0.3) is 5.91 Å². The number of anilines is 1. The lowest BCUT2D eigenvalue weighted by Crippen LogP contribution is -2.13. The molecule has 0 spiro atoms. The Morgan fingerprint density at radius 1 is 1.37 bits per heavy atom. The van der Waals surface area contributed by atoms with E-state index in [-0.39, 0.29) is 11.6 Å². The summed E-state index contributed by atoms with van der Waals surface area (Å²) in [5.41, 5.74) is 2.61.